The summed E-state index contributed by atoms with van der Waals surface area (Å²) < 4.78 is 0. The average Bonchev–Trinajstić information content (AvgIpc) is 2.75. The molecule has 0 radical (unpaired) electrons. The maximum Gasteiger partial charge on any atom is 0.257 e. The molecular weight excluding hydrogens is 394 g/mol. The molecule has 2 amide bonds. The molecule has 1 fully saturated rings. The van der Waals surface area contributed by atoms with Crippen LogP contribution in [0.2, 0.25) is 0 Å². The van der Waals surface area contributed by atoms with Gasteiger partial charge in [0.1, 0.15) is 0 Å². The van der Waals surface area contributed by atoms with E-state index in [-0.39, 0.29) is 11.8 Å². The van der Waals surface area contributed by atoms with Crippen LogP contribution in [0.1, 0.15) is 27.2 Å². The molecule has 1 aliphatic heterocycles. The Bertz CT molecular complexity index is 1090. The number of aromatic nitrogens is 1. The summed E-state index contributed by atoms with van der Waals surface area (Å²) in [4.78, 5) is 31.7. The molecule has 0 aliphatic carbocycles. The number of nitrogens with one attached hydrogen (secondary N) is 1. The number of rotatable bonds is 4. The summed E-state index contributed by atoms with van der Waals surface area (Å²) in [7, 11) is 0. The third-order valence-electron chi connectivity index (χ3n) is 5.34. The first-order valence-corrected chi connectivity index (χ1v) is 11.3. The predicted molar refractivity (Wildman–Crippen MR) is 123 cm³/mol. The maximum absolute atomic E-state index is 12.8. The molecule has 1 N–H and O–H groups in total. The van der Waals surface area contributed by atoms with Crippen LogP contribution in [-0.4, -0.2) is 46.3 Å². The summed E-state index contributed by atoms with van der Waals surface area (Å²) in [5.41, 5.74) is 4.96. The predicted octanol–water partition coefficient (Wildman–Crippen LogP) is 4.22. The number of benzene rings is 2. The highest BCUT2D eigenvalue weighted by Gasteiger charge is 2.17. The molecular formula is C24H25N3O2S. The molecule has 0 atom stereocenters. The highest BCUT2D eigenvalue weighted by molar-refractivity contribution is 7.99. The molecule has 3 aromatic rings. The van der Waals surface area contributed by atoms with Crippen molar-refractivity contribution in [2.75, 3.05) is 29.9 Å². The zero-order valence-electron chi connectivity index (χ0n) is 17.3. The average molecular weight is 420 g/mol. The number of fused-ring (bicyclic) bond motifs is 1. The molecule has 154 valence electrons. The van der Waals surface area contributed by atoms with Crippen LogP contribution in [0.5, 0.6) is 0 Å². The third-order valence-corrected chi connectivity index (χ3v) is 6.28. The van der Waals surface area contributed by atoms with E-state index in [1.54, 1.807) is 0 Å². The van der Waals surface area contributed by atoms with Gasteiger partial charge in [-0.05, 0) is 49.2 Å². The number of pyridine rings is 1. The topological polar surface area (TPSA) is 62.3 Å². The van der Waals surface area contributed by atoms with E-state index in [1.807, 2.05) is 79.0 Å². The number of carbonyl (C=O) groups is 2. The molecule has 1 saturated heterocycles. The molecule has 1 aliphatic rings. The van der Waals surface area contributed by atoms with Gasteiger partial charge in [-0.25, -0.2) is 0 Å². The van der Waals surface area contributed by atoms with Crippen molar-refractivity contribution in [1.82, 2.24) is 9.88 Å². The van der Waals surface area contributed by atoms with Crippen molar-refractivity contribution in [1.29, 1.82) is 0 Å². The normalized spacial score (nSPS) is 14.0. The van der Waals surface area contributed by atoms with Crippen molar-refractivity contribution >= 4 is 40.2 Å². The van der Waals surface area contributed by atoms with Crippen LogP contribution < -0.4 is 5.32 Å². The van der Waals surface area contributed by atoms with E-state index in [1.165, 1.54) is 0 Å². The van der Waals surface area contributed by atoms with E-state index in [9.17, 15) is 9.59 Å². The van der Waals surface area contributed by atoms with E-state index in [0.29, 0.717) is 23.4 Å². The molecule has 5 nitrogen and oxygen atoms in total. The molecule has 2 aromatic carbocycles. The lowest BCUT2D eigenvalue weighted by Gasteiger charge is -2.26. The minimum Gasteiger partial charge on any atom is -0.341 e. The number of amides is 2. The standard InChI is InChI=1S/C24H25N3O2S/c1-16-3-6-19-15-21(17(2)25-22(19)13-16)24(29)26-20-7-4-18(5-8-20)14-23(28)27-9-11-30-12-10-27/h3-8,13,15H,9-12,14H2,1-2H3,(H,26,29). The summed E-state index contributed by atoms with van der Waals surface area (Å²) in [6.45, 7) is 5.54. The van der Waals surface area contributed by atoms with Crippen LogP contribution in [0, 0.1) is 13.8 Å². The Labute approximate surface area is 180 Å². The van der Waals surface area contributed by atoms with Gasteiger partial charge in [0.25, 0.3) is 5.91 Å². The van der Waals surface area contributed by atoms with Crippen LogP contribution in [0.15, 0.2) is 48.5 Å². The second-order valence-corrected chi connectivity index (χ2v) is 8.86. The van der Waals surface area contributed by atoms with Gasteiger partial charge in [-0.2, -0.15) is 11.8 Å². The van der Waals surface area contributed by atoms with Gasteiger partial charge in [0.15, 0.2) is 0 Å². The van der Waals surface area contributed by atoms with E-state index in [4.69, 9.17) is 0 Å². The van der Waals surface area contributed by atoms with Crippen LogP contribution in [0.25, 0.3) is 10.9 Å². The van der Waals surface area contributed by atoms with Crippen LogP contribution >= 0.6 is 11.8 Å². The van der Waals surface area contributed by atoms with E-state index < -0.39 is 0 Å². The number of thioether (sulfide) groups is 1. The molecule has 0 unspecified atom stereocenters. The molecule has 30 heavy (non-hydrogen) atoms. The maximum atomic E-state index is 12.8. The monoisotopic (exact) mass is 419 g/mol. The van der Waals surface area contributed by atoms with Crippen molar-refractivity contribution in [2.24, 2.45) is 0 Å². The molecule has 0 bridgehead atoms. The van der Waals surface area contributed by atoms with Gasteiger partial charge in [-0.1, -0.05) is 24.3 Å². The quantitative estimate of drug-likeness (QED) is 0.688. The Balaban J connectivity index is 1.43. The fraction of sp³-hybridized carbons (Fsp3) is 0.292. The van der Waals surface area contributed by atoms with Crippen molar-refractivity contribution in [2.45, 2.75) is 20.3 Å². The minimum absolute atomic E-state index is 0.167. The summed E-state index contributed by atoms with van der Waals surface area (Å²) in [6.07, 6.45) is 0.395. The summed E-state index contributed by atoms with van der Waals surface area (Å²) in [6, 6.07) is 15.4. The lowest BCUT2D eigenvalue weighted by atomic mass is 10.1. The van der Waals surface area contributed by atoms with Crippen molar-refractivity contribution < 1.29 is 9.59 Å². The first-order valence-electron chi connectivity index (χ1n) is 10.1. The lowest BCUT2D eigenvalue weighted by Crippen LogP contribution is -2.38. The summed E-state index contributed by atoms with van der Waals surface area (Å²) >= 11 is 1.89. The number of hydrogen-bond acceptors (Lipinski definition) is 4. The molecule has 1 aromatic heterocycles. The summed E-state index contributed by atoms with van der Waals surface area (Å²) in [5, 5.41) is 3.89. The molecule has 4 rings (SSSR count). The van der Waals surface area contributed by atoms with E-state index in [0.717, 1.165) is 46.6 Å². The van der Waals surface area contributed by atoms with Crippen molar-refractivity contribution in [3.05, 3.63) is 70.9 Å². The van der Waals surface area contributed by atoms with Gasteiger partial charge in [-0.3, -0.25) is 14.6 Å². The number of hydrogen-bond donors (Lipinski definition) is 1. The first kappa shape index (κ1) is 20.4. The van der Waals surface area contributed by atoms with Gasteiger partial charge in [0, 0.05) is 35.7 Å². The van der Waals surface area contributed by atoms with Crippen molar-refractivity contribution in [3.8, 4) is 0 Å². The van der Waals surface area contributed by atoms with Gasteiger partial charge >= 0.3 is 0 Å². The number of carbonyl (C=O) groups excluding carboxylic acids is 2. The Hall–Kier alpha value is -2.86. The van der Waals surface area contributed by atoms with Crippen LogP contribution in [0.3, 0.4) is 0 Å². The first-order chi connectivity index (χ1) is 14.5. The van der Waals surface area contributed by atoms with Gasteiger partial charge in [0.2, 0.25) is 5.91 Å². The Kier molecular flexibility index (Phi) is 6.04. The second-order valence-electron chi connectivity index (χ2n) is 7.64. The van der Waals surface area contributed by atoms with E-state index >= 15 is 0 Å². The zero-order chi connectivity index (χ0) is 21.1. The van der Waals surface area contributed by atoms with Gasteiger partial charge in [0.05, 0.1) is 23.2 Å². The highest BCUT2D eigenvalue weighted by Crippen LogP contribution is 2.20. The largest absolute Gasteiger partial charge is 0.341 e. The SMILES string of the molecule is Cc1ccc2cc(C(=O)Nc3ccc(CC(=O)N4CCSCC4)cc3)c(C)nc2c1. The van der Waals surface area contributed by atoms with Gasteiger partial charge in [-0.15, -0.1) is 0 Å². The summed E-state index contributed by atoms with van der Waals surface area (Å²) in [5.74, 6) is 2.01. The number of anilines is 1. The number of nitrogens with zero attached hydrogens (tertiary/aromatic N) is 2. The molecule has 0 spiro atoms. The smallest absolute Gasteiger partial charge is 0.257 e. The Morgan fingerprint density at radius 1 is 1.03 bits per heavy atom. The second kappa shape index (κ2) is 8.88. The van der Waals surface area contributed by atoms with Crippen LogP contribution in [0.4, 0.5) is 5.69 Å². The number of aryl methyl sites for hydroxylation is 2. The fourth-order valence-corrected chi connectivity index (χ4v) is 4.51. The third kappa shape index (κ3) is 4.65. The highest BCUT2D eigenvalue weighted by atomic mass is 32.2. The zero-order valence-corrected chi connectivity index (χ0v) is 18.1. The fourth-order valence-electron chi connectivity index (χ4n) is 3.61. The van der Waals surface area contributed by atoms with Gasteiger partial charge < -0.3 is 10.2 Å². The van der Waals surface area contributed by atoms with Crippen LogP contribution in [-0.2, 0) is 11.2 Å². The molecule has 6 heteroatoms. The molecule has 0 saturated carbocycles. The lowest BCUT2D eigenvalue weighted by molar-refractivity contribution is -0.130. The Morgan fingerprint density at radius 2 is 1.77 bits per heavy atom. The van der Waals surface area contributed by atoms with Crippen molar-refractivity contribution in [3.63, 3.8) is 0 Å². The Morgan fingerprint density at radius 3 is 2.50 bits per heavy atom. The minimum atomic E-state index is -0.183. The molecule has 2 heterocycles. The van der Waals surface area contributed by atoms with E-state index in [2.05, 4.69) is 10.3 Å².